The number of fused-ring (bicyclic) bond motifs is 2. The molecule has 0 radical (unpaired) electrons. The number of aliphatic hydroxyl groups is 1. The van der Waals surface area contributed by atoms with Gasteiger partial charge in [0, 0.05) is 44.6 Å². The quantitative estimate of drug-likeness (QED) is 0.318. The van der Waals surface area contributed by atoms with Crippen LogP contribution >= 0.6 is 0 Å². The summed E-state index contributed by atoms with van der Waals surface area (Å²) in [6, 6.07) is 17.2. The van der Waals surface area contributed by atoms with Crippen LogP contribution in [0.1, 0.15) is 36.8 Å². The van der Waals surface area contributed by atoms with Gasteiger partial charge in [-0.25, -0.2) is 4.39 Å². The largest absolute Gasteiger partial charge is 0.390 e. The summed E-state index contributed by atoms with van der Waals surface area (Å²) in [6.07, 6.45) is 1.89. The molecule has 5 N–H and O–H groups in total. The Morgan fingerprint density at radius 1 is 1.03 bits per heavy atom. The Morgan fingerprint density at radius 3 is 2.59 bits per heavy atom. The summed E-state index contributed by atoms with van der Waals surface area (Å²) in [5, 5.41) is 17.3. The summed E-state index contributed by atoms with van der Waals surface area (Å²) in [5.41, 5.74) is 7.68. The van der Waals surface area contributed by atoms with E-state index in [0.29, 0.717) is 12.1 Å². The van der Waals surface area contributed by atoms with Crippen molar-refractivity contribution < 1.29 is 23.9 Å². The lowest BCUT2D eigenvalue weighted by Gasteiger charge is -2.28. The van der Waals surface area contributed by atoms with Crippen molar-refractivity contribution in [2.45, 2.75) is 50.7 Å². The second-order valence-corrected chi connectivity index (χ2v) is 9.92. The first-order chi connectivity index (χ1) is 18.8. The van der Waals surface area contributed by atoms with Gasteiger partial charge in [-0.05, 0) is 53.3 Å². The zero-order chi connectivity index (χ0) is 27.8. The molecule has 0 aliphatic carbocycles. The number of carbonyl (C=O) groups is 3. The fourth-order valence-electron chi connectivity index (χ4n) is 4.82. The van der Waals surface area contributed by atoms with Gasteiger partial charge in [-0.2, -0.15) is 0 Å². The molecule has 8 nitrogen and oxygen atoms in total. The van der Waals surface area contributed by atoms with E-state index in [2.05, 4.69) is 10.6 Å². The van der Waals surface area contributed by atoms with E-state index in [1.165, 1.54) is 17.0 Å². The summed E-state index contributed by atoms with van der Waals surface area (Å²) >= 11 is 0. The van der Waals surface area contributed by atoms with E-state index in [-0.39, 0.29) is 38.4 Å². The molecule has 0 aromatic heterocycles. The number of halogens is 1. The van der Waals surface area contributed by atoms with Crippen LogP contribution in [0, 0.1) is 5.82 Å². The van der Waals surface area contributed by atoms with Crippen LogP contribution in [-0.2, 0) is 27.2 Å². The van der Waals surface area contributed by atoms with Crippen molar-refractivity contribution in [1.82, 2.24) is 10.6 Å². The Kier molecular flexibility index (Phi) is 9.62. The molecule has 1 aliphatic heterocycles. The minimum absolute atomic E-state index is 0.00604. The third-order valence-electron chi connectivity index (χ3n) is 6.98. The molecule has 0 fully saturated rings. The maximum atomic E-state index is 14.1. The van der Waals surface area contributed by atoms with Crippen LogP contribution < -0.4 is 21.3 Å². The first kappa shape index (κ1) is 28.2. The van der Waals surface area contributed by atoms with Gasteiger partial charge < -0.3 is 26.4 Å². The van der Waals surface area contributed by atoms with Crippen LogP contribution in [-0.4, -0.2) is 54.6 Å². The van der Waals surface area contributed by atoms with Crippen molar-refractivity contribution in [1.29, 1.82) is 0 Å². The molecule has 3 aromatic carbocycles. The summed E-state index contributed by atoms with van der Waals surface area (Å²) in [4.78, 5) is 40.5. The zero-order valence-corrected chi connectivity index (χ0v) is 21.9. The van der Waals surface area contributed by atoms with Crippen LogP contribution in [0.3, 0.4) is 0 Å². The van der Waals surface area contributed by atoms with Gasteiger partial charge in [0.15, 0.2) is 0 Å². The molecule has 39 heavy (non-hydrogen) atoms. The normalized spacial score (nSPS) is 15.2. The number of hydrogen-bond acceptors (Lipinski definition) is 5. The number of aryl methyl sites for hydroxylation is 1. The van der Waals surface area contributed by atoms with Crippen LogP contribution in [0.5, 0.6) is 0 Å². The molecule has 0 saturated carbocycles. The monoisotopic (exact) mass is 534 g/mol. The standard InChI is InChI=1S/C30H35FN4O4/c31-24-12-11-22-6-3-4-8-29(38)35(27(22)17-24)14-13-28(37)34-26(30(39)33-19-25(36)18-32)16-20-9-10-21-5-1-2-7-23(21)15-20/h1-2,5,7,9-12,15,17,25-26,36H,3-4,6,8,13-14,16,18-19,32H2,(H,33,39)(H,34,37)/t25-,26?/m1/s1. The highest BCUT2D eigenvalue weighted by Crippen LogP contribution is 2.27. The van der Waals surface area contributed by atoms with Crippen molar-refractivity contribution >= 4 is 34.2 Å². The molecule has 0 saturated heterocycles. The number of aliphatic hydroxyl groups excluding tert-OH is 1. The van der Waals surface area contributed by atoms with E-state index in [9.17, 15) is 23.9 Å². The molecule has 3 amide bonds. The van der Waals surface area contributed by atoms with Crippen LogP contribution in [0.4, 0.5) is 10.1 Å². The highest BCUT2D eigenvalue weighted by molar-refractivity contribution is 5.95. The lowest BCUT2D eigenvalue weighted by atomic mass is 10.00. The number of carbonyl (C=O) groups excluding carboxylic acids is 3. The highest BCUT2D eigenvalue weighted by atomic mass is 19.1. The average molecular weight is 535 g/mol. The molecule has 0 spiro atoms. The Balaban J connectivity index is 1.47. The highest BCUT2D eigenvalue weighted by Gasteiger charge is 2.25. The minimum atomic E-state index is -0.906. The summed E-state index contributed by atoms with van der Waals surface area (Å²) in [7, 11) is 0. The molecule has 3 aromatic rings. The van der Waals surface area contributed by atoms with Crippen LogP contribution in [0.25, 0.3) is 10.8 Å². The van der Waals surface area contributed by atoms with Crippen molar-refractivity contribution in [3.05, 3.63) is 77.6 Å². The van der Waals surface area contributed by atoms with Crippen LogP contribution in [0.2, 0.25) is 0 Å². The fraction of sp³-hybridized carbons (Fsp3) is 0.367. The zero-order valence-electron chi connectivity index (χ0n) is 21.9. The summed E-state index contributed by atoms with van der Waals surface area (Å²) < 4.78 is 14.1. The van der Waals surface area contributed by atoms with E-state index < -0.39 is 29.8 Å². The van der Waals surface area contributed by atoms with Gasteiger partial charge in [0.05, 0.1) is 6.10 Å². The Labute approximate surface area is 227 Å². The predicted molar refractivity (Wildman–Crippen MR) is 149 cm³/mol. The number of amides is 3. The topological polar surface area (TPSA) is 125 Å². The second kappa shape index (κ2) is 13.3. The van der Waals surface area contributed by atoms with E-state index in [1.807, 2.05) is 42.5 Å². The van der Waals surface area contributed by atoms with Crippen molar-refractivity contribution in [3.8, 4) is 0 Å². The number of nitrogens with one attached hydrogen (secondary N) is 2. The molecule has 0 bridgehead atoms. The molecule has 1 aliphatic rings. The Morgan fingerprint density at radius 2 is 1.79 bits per heavy atom. The first-order valence-corrected chi connectivity index (χ1v) is 13.4. The summed E-state index contributed by atoms with van der Waals surface area (Å²) in [6.45, 7) is 0.0231. The van der Waals surface area contributed by atoms with E-state index in [1.54, 1.807) is 6.07 Å². The fourth-order valence-corrected chi connectivity index (χ4v) is 4.82. The lowest BCUT2D eigenvalue weighted by molar-refractivity contribution is -0.129. The smallest absolute Gasteiger partial charge is 0.243 e. The van der Waals surface area contributed by atoms with E-state index in [4.69, 9.17) is 5.73 Å². The van der Waals surface area contributed by atoms with Gasteiger partial charge in [-0.15, -0.1) is 0 Å². The Hall–Kier alpha value is -3.82. The van der Waals surface area contributed by atoms with Gasteiger partial charge in [-0.1, -0.05) is 48.5 Å². The van der Waals surface area contributed by atoms with Crippen molar-refractivity contribution in [3.63, 3.8) is 0 Å². The molecule has 9 heteroatoms. The maximum absolute atomic E-state index is 14.1. The average Bonchev–Trinajstić information content (AvgIpc) is 2.93. The number of hydrogen-bond donors (Lipinski definition) is 4. The molecular formula is C30H35FN4O4. The third-order valence-corrected chi connectivity index (χ3v) is 6.98. The van der Waals surface area contributed by atoms with Crippen molar-refractivity contribution in [2.24, 2.45) is 5.73 Å². The summed E-state index contributed by atoms with van der Waals surface area (Å²) in [5.74, 6) is -1.46. The van der Waals surface area contributed by atoms with Gasteiger partial charge in [0.25, 0.3) is 0 Å². The van der Waals surface area contributed by atoms with Gasteiger partial charge in [0.1, 0.15) is 11.9 Å². The molecule has 1 heterocycles. The van der Waals surface area contributed by atoms with Crippen LogP contribution in [0.15, 0.2) is 60.7 Å². The molecule has 4 rings (SSSR count). The van der Waals surface area contributed by atoms with Gasteiger partial charge in [-0.3, -0.25) is 14.4 Å². The predicted octanol–water partition coefficient (Wildman–Crippen LogP) is 2.59. The molecule has 206 valence electrons. The maximum Gasteiger partial charge on any atom is 0.243 e. The third kappa shape index (κ3) is 7.61. The van der Waals surface area contributed by atoms with E-state index in [0.717, 1.165) is 41.2 Å². The SMILES string of the molecule is NC[C@@H](O)CNC(=O)C(Cc1ccc2ccccc2c1)NC(=O)CCN1C(=O)CCCCc2ccc(F)cc21. The first-order valence-electron chi connectivity index (χ1n) is 13.4. The number of benzene rings is 3. The minimum Gasteiger partial charge on any atom is -0.390 e. The van der Waals surface area contributed by atoms with Gasteiger partial charge >= 0.3 is 0 Å². The van der Waals surface area contributed by atoms with Gasteiger partial charge in [0.2, 0.25) is 17.7 Å². The number of rotatable bonds is 10. The Bertz CT molecular complexity index is 1330. The van der Waals surface area contributed by atoms with Crippen molar-refractivity contribution in [2.75, 3.05) is 24.5 Å². The number of nitrogens with two attached hydrogens (primary N) is 1. The number of anilines is 1. The molecule has 1 unspecified atom stereocenters. The van der Waals surface area contributed by atoms with E-state index >= 15 is 0 Å². The number of nitrogens with zero attached hydrogens (tertiary/aromatic N) is 1. The second-order valence-electron chi connectivity index (χ2n) is 9.92. The molecular weight excluding hydrogens is 499 g/mol. The lowest BCUT2D eigenvalue weighted by Crippen LogP contribution is -2.50. The molecule has 2 atom stereocenters.